The van der Waals surface area contributed by atoms with Gasteiger partial charge in [-0.3, -0.25) is 9.55 Å². The summed E-state index contributed by atoms with van der Waals surface area (Å²) >= 11 is 0. The lowest BCUT2D eigenvalue weighted by Gasteiger charge is -2.07. The molecule has 0 aliphatic carbocycles. The van der Waals surface area contributed by atoms with E-state index in [1.54, 1.807) is 13.2 Å². The van der Waals surface area contributed by atoms with E-state index in [1.165, 1.54) is 15.6 Å². The maximum Gasteiger partial charge on any atom is 0.345 e. The van der Waals surface area contributed by atoms with Crippen LogP contribution in [0.4, 0.5) is 5.69 Å². The molecular formula is C13H13N5O. The van der Waals surface area contributed by atoms with Crippen LogP contribution in [-0.4, -0.2) is 19.3 Å². The van der Waals surface area contributed by atoms with Gasteiger partial charge in [0, 0.05) is 29.9 Å². The Morgan fingerprint density at radius 1 is 1.32 bits per heavy atom. The van der Waals surface area contributed by atoms with Gasteiger partial charge in [0.2, 0.25) is 0 Å². The molecule has 2 heterocycles. The van der Waals surface area contributed by atoms with Crippen molar-refractivity contribution in [3.63, 3.8) is 0 Å². The lowest BCUT2D eigenvalue weighted by molar-refractivity contribution is 0.649. The van der Waals surface area contributed by atoms with E-state index < -0.39 is 0 Å². The van der Waals surface area contributed by atoms with Crippen molar-refractivity contribution < 1.29 is 0 Å². The van der Waals surface area contributed by atoms with E-state index in [0.29, 0.717) is 12.2 Å². The van der Waals surface area contributed by atoms with Gasteiger partial charge in [0.25, 0.3) is 0 Å². The minimum Gasteiger partial charge on any atom is -0.398 e. The summed E-state index contributed by atoms with van der Waals surface area (Å²) in [6, 6.07) is 7.47. The van der Waals surface area contributed by atoms with Crippen molar-refractivity contribution in [2.24, 2.45) is 7.05 Å². The van der Waals surface area contributed by atoms with Gasteiger partial charge in [-0.05, 0) is 18.2 Å². The summed E-state index contributed by atoms with van der Waals surface area (Å²) in [5.74, 6) is 0. The van der Waals surface area contributed by atoms with Gasteiger partial charge in [0.05, 0.1) is 12.1 Å². The van der Waals surface area contributed by atoms with E-state index in [1.807, 2.05) is 24.3 Å². The Morgan fingerprint density at radius 2 is 2.16 bits per heavy atom. The number of aromatic nitrogens is 4. The summed E-state index contributed by atoms with van der Waals surface area (Å²) < 4.78 is 2.84. The van der Waals surface area contributed by atoms with E-state index in [9.17, 15) is 4.79 Å². The molecule has 0 amide bonds. The van der Waals surface area contributed by atoms with Gasteiger partial charge < -0.3 is 5.73 Å². The molecule has 6 heteroatoms. The molecule has 2 aromatic heterocycles. The number of hydrogen-bond acceptors (Lipinski definition) is 4. The highest BCUT2D eigenvalue weighted by Crippen LogP contribution is 2.22. The zero-order valence-electron chi connectivity index (χ0n) is 10.4. The van der Waals surface area contributed by atoms with Crippen molar-refractivity contribution in [1.82, 2.24) is 19.3 Å². The minimum absolute atomic E-state index is 0.152. The van der Waals surface area contributed by atoms with Gasteiger partial charge in [0.15, 0.2) is 0 Å². The van der Waals surface area contributed by atoms with Crippen molar-refractivity contribution in [2.45, 2.75) is 6.54 Å². The lowest BCUT2D eigenvalue weighted by atomic mass is 10.1. The first-order valence-corrected chi connectivity index (χ1v) is 5.87. The molecule has 0 bridgehead atoms. The maximum atomic E-state index is 11.8. The number of nitrogens with zero attached hydrogens (tertiary/aromatic N) is 4. The van der Waals surface area contributed by atoms with Crippen LogP contribution in [-0.2, 0) is 13.6 Å². The second-order valence-electron chi connectivity index (χ2n) is 4.40. The van der Waals surface area contributed by atoms with Gasteiger partial charge >= 0.3 is 5.69 Å². The molecule has 0 atom stereocenters. The molecule has 0 unspecified atom stereocenters. The van der Waals surface area contributed by atoms with E-state index >= 15 is 0 Å². The Morgan fingerprint density at radius 3 is 2.89 bits per heavy atom. The van der Waals surface area contributed by atoms with E-state index in [-0.39, 0.29) is 5.69 Å². The first kappa shape index (κ1) is 11.5. The smallest absolute Gasteiger partial charge is 0.345 e. The monoisotopic (exact) mass is 255 g/mol. The third-order valence-electron chi connectivity index (χ3n) is 3.09. The fourth-order valence-electron chi connectivity index (χ4n) is 2.07. The highest BCUT2D eigenvalue weighted by Gasteiger charge is 2.08. The number of benzene rings is 1. The first-order chi connectivity index (χ1) is 9.16. The lowest BCUT2D eigenvalue weighted by Crippen LogP contribution is -2.23. The van der Waals surface area contributed by atoms with Gasteiger partial charge in [0.1, 0.15) is 6.33 Å². The van der Waals surface area contributed by atoms with Crippen molar-refractivity contribution in [3.05, 3.63) is 52.8 Å². The van der Waals surface area contributed by atoms with Crippen LogP contribution in [0.2, 0.25) is 0 Å². The molecule has 0 saturated heterocycles. The van der Waals surface area contributed by atoms with E-state index in [0.717, 1.165) is 16.5 Å². The van der Waals surface area contributed by atoms with Crippen LogP contribution in [0.3, 0.4) is 0 Å². The number of hydrogen-bond donors (Lipinski definition) is 1. The standard InChI is InChI=1S/C13H13N5O/c1-17-8-16-18(13(17)19)7-9-4-5-11(14)10-3-2-6-15-12(9)10/h2-6,8H,7,14H2,1H3. The Balaban J connectivity index is 2.14. The van der Waals surface area contributed by atoms with Crippen LogP contribution < -0.4 is 11.4 Å². The van der Waals surface area contributed by atoms with Crippen LogP contribution in [0.25, 0.3) is 10.9 Å². The molecule has 0 saturated carbocycles. The minimum atomic E-state index is -0.152. The second kappa shape index (κ2) is 4.24. The number of rotatable bonds is 2. The summed E-state index contributed by atoms with van der Waals surface area (Å²) in [5, 5.41) is 4.94. The Bertz CT molecular complexity index is 802. The van der Waals surface area contributed by atoms with E-state index in [2.05, 4.69) is 10.1 Å². The Kier molecular flexibility index (Phi) is 2.56. The van der Waals surface area contributed by atoms with Crippen molar-refractivity contribution in [3.8, 4) is 0 Å². The molecule has 0 radical (unpaired) electrons. The second-order valence-corrected chi connectivity index (χ2v) is 4.40. The normalized spacial score (nSPS) is 11.0. The van der Waals surface area contributed by atoms with Crippen LogP contribution in [0.1, 0.15) is 5.56 Å². The van der Waals surface area contributed by atoms with Crippen LogP contribution in [0.5, 0.6) is 0 Å². The predicted octanol–water partition coefficient (Wildman–Crippen LogP) is 0.761. The number of nitrogens with two attached hydrogens (primary N) is 1. The largest absolute Gasteiger partial charge is 0.398 e. The van der Waals surface area contributed by atoms with Crippen molar-refractivity contribution >= 4 is 16.6 Å². The molecule has 0 fully saturated rings. The van der Waals surface area contributed by atoms with Gasteiger partial charge in [-0.15, -0.1) is 0 Å². The average Bonchev–Trinajstić information content (AvgIpc) is 2.74. The van der Waals surface area contributed by atoms with E-state index in [4.69, 9.17) is 5.73 Å². The number of pyridine rings is 1. The van der Waals surface area contributed by atoms with Crippen molar-refractivity contribution in [1.29, 1.82) is 0 Å². The molecule has 3 aromatic rings. The highest BCUT2D eigenvalue weighted by molar-refractivity contribution is 5.92. The molecule has 96 valence electrons. The Labute approximate surface area is 109 Å². The van der Waals surface area contributed by atoms with Crippen LogP contribution >= 0.6 is 0 Å². The zero-order chi connectivity index (χ0) is 13.4. The fraction of sp³-hybridized carbons (Fsp3) is 0.154. The SMILES string of the molecule is Cn1cnn(Cc2ccc(N)c3cccnc23)c1=O. The third-order valence-corrected chi connectivity index (χ3v) is 3.09. The number of aryl methyl sites for hydroxylation is 1. The molecule has 1 aromatic carbocycles. The van der Waals surface area contributed by atoms with Gasteiger partial charge in [-0.25, -0.2) is 9.48 Å². The molecule has 0 aliphatic rings. The summed E-state index contributed by atoms with van der Waals surface area (Å²) in [5.41, 5.74) is 8.18. The molecule has 3 rings (SSSR count). The predicted molar refractivity (Wildman–Crippen MR) is 72.7 cm³/mol. The molecule has 6 nitrogen and oxygen atoms in total. The summed E-state index contributed by atoms with van der Waals surface area (Å²) in [7, 11) is 1.67. The number of nitrogen functional groups attached to an aromatic ring is 1. The third kappa shape index (κ3) is 1.87. The summed E-state index contributed by atoms with van der Waals surface area (Å²) in [6.07, 6.45) is 3.21. The van der Waals surface area contributed by atoms with Crippen LogP contribution in [0.15, 0.2) is 41.6 Å². The molecule has 0 aliphatic heterocycles. The summed E-state index contributed by atoms with van der Waals surface area (Å²) in [6.45, 7) is 0.382. The van der Waals surface area contributed by atoms with Crippen molar-refractivity contribution in [2.75, 3.05) is 5.73 Å². The Hall–Kier alpha value is -2.63. The molecule has 0 spiro atoms. The quantitative estimate of drug-likeness (QED) is 0.686. The number of fused-ring (bicyclic) bond motifs is 1. The first-order valence-electron chi connectivity index (χ1n) is 5.87. The zero-order valence-corrected chi connectivity index (χ0v) is 10.4. The average molecular weight is 255 g/mol. The topological polar surface area (TPSA) is 78.7 Å². The summed E-state index contributed by atoms with van der Waals surface area (Å²) in [4.78, 5) is 16.1. The molecule has 19 heavy (non-hydrogen) atoms. The van der Waals surface area contributed by atoms with Crippen LogP contribution in [0, 0.1) is 0 Å². The number of anilines is 1. The molecule has 2 N–H and O–H groups in total. The highest BCUT2D eigenvalue weighted by atomic mass is 16.2. The molecular weight excluding hydrogens is 242 g/mol. The fourth-order valence-corrected chi connectivity index (χ4v) is 2.07. The van der Waals surface area contributed by atoms with Gasteiger partial charge in [-0.2, -0.15) is 5.10 Å². The van der Waals surface area contributed by atoms with Gasteiger partial charge in [-0.1, -0.05) is 6.07 Å². The maximum absolute atomic E-state index is 11.8.